The molecule has 0 saturated carbocycles. The van der Waals surface area contributed by atoms with Crippen molar-refractivity contribution < 1.29 is 14.3 Å². The quantitative estimate of drug-likeness (QED) is 0.0538. The highest BCUT2D eigenvalue weighted by atomic mass is 16.6. The van der Waals surface area contributed by atoms with Gasteiger partial charge in [-0.25, -0.2) is 4.79 Å². The number of allylic oxidation sites excluding steroid dienone is 12. The van der Waals surface area contributed by atoms with E-state index in [1.54, 1.807) is 33.9 Å². The van der Waals surface area contributed by atoms with Gasteiger partial charge in [0.1, 0.15) is 17.5 Å². The number of amides is 2. The molecule has 48 heavy (non-hydrogen) atoms. The van der Waals surface area contributed by atoms with Crippen molar-refractivity contribution in [3.05, 3.63) is 107 Å². The summed E-state index contributed by atoms with van der Waals surface area (Å²) in [5.41, 5.74) is 5.95. The first-order chi connectivity index (χ1) is 22.6. The van der Waals surface area contributed by atoms with E-state index in [9.17, 15) is 9.59 Å². The molecule has 3 N–H and O–H groups in total. The minimum atomic E-state index is -0.957. The monoisotopic (exact) mass is 658 g/mol. The first-order valence-corrected chi connectivity index (χ1v) is 16.6. The number of hydrogen-bond acceptors (Lipinski definition) is 4. The molecule has 7 heteroatoms. The third-order valence-electron chi connectivity index (χ3n) is 6.66. The van der Waals surface area contributed by atoms with Gasteiger partial charge in [0, 0.05) is 25.7 Å². The zero-order valence-corrected chi connectivity index (χ0v) is 31.8. The lowest BCUT2D eigenvalue weighted by molar-refractivity contribution is -0.122. The van der Waals surface area contributed by atoms with Crippen molar-refractivity contribution in [2.45, 2.75) is 107 Å². The van der Waals surface area contributed by atoms with Gasteiger partial charge < -0.3 is 20.7 Å². The van der Waals surface area contributed by atoms with Crippen LogP contribution >= 0.6 is 0 Å². The SMILES string of the molecule is C=C/C=C(\C=C)C(NC(=O)OC(C)(C)C)C(=O)NCCCCC(=NC)NC(=C)/C(C)=C/C=C(\C)C#C/C(C)=C/C=C(C)/C(C)=C/C.CC. The summed E-state index contributed by atoms with van der Waals surface area (Å²) in [5, 5.41) is 8.82. The summed E-state index contributed by atoms with van der Waals surface area (Å²) in [6, 6.07) is -0.957. The Morgan fingerprint density at radius 1 is 0.875 bits per heavy atom. The van der Waals surface area contributed by atoms with Crippen molar-refractivity contribution in [3.63, 3.8) is 0 Å². The van der Waals surface area contributed by atoms with Gasteiger partial charge in [0.2, 0.25) is 5.91 Å². The summed E-state index contributed by atoms with van der Waals surface area (Å²) >= 11 is 0. The molecule has 0 spiro atoms. The van der Waals surface area contributed by atoms with E-state index in [4.69, 9.17) is 4.74 Å². The second-order valence-corrected chi connectivity index (χ2v) is 11.8. The van der Waals surface area contributed by atoms with E-state index in [2.05, 4.69) is 78.5 Å². The van der Waals surface area contributed by atoms with Gasteiger partial charge in [-0.1, -0.05) is 99.6 Å². The number of nitrogens with one attached hydrogen (secondary N) is 3. The lowest BCUT2D eigenvalue weighted by atomic mass is 10.1. The largest absolute Gasteiger partial charge is 0.444 e. The van der Waals surface area contributed by atoms with Crippen molar-refractivity contribution >= 4 is 17.8 Å². The molecule has 0 rings (SSSR count). The highest BCUT2D eigenvalue weighted by molar-refractivity contribution is 5.89. The van der Waals surface area contributed by atoms with Gasteiger partial charge in [-0.15, -0.1) is 0 Å². The maximum atomic E-state index is 13.0. The number of carbonyl (C=O) groups excluding carboxylic acids is 2. The van der Waals surface area contributed by atoms with Crippen LogP contribution in [0.15, 0.2) is 112 Å². The van der Waals surface area contributed by atoms with E-state index in [1.807, 2.05) is 59.8 Å². The Labute approximate surface area is 292 Å². The van der Waals surface area contributed by atoms with Crippen LogP contribution in [0.25, 0.3) is 0 Å². The van der Waals surface area contributed by atoms with Crippen LogP contribution in [0.2, 0.25) is 0 Å². The fourth-order valence-electron chi connectivity index (χ4n) is 3.62. The molecule has 264 valence electrons. The standard InChI is InChI=1S/C39H56N4O3.C2H6/c1-14-19-34(16-3)36(43-38(45)46-39(10,11)12)37(44)41-27-18-17-20-35(40-13)42-33(9)32(8)26-24-29(5)22-21-28(4)23-25-31(7)30(6)15-2;1-2/h14-16,19,23-26,36H,1,3,9,17-18,20,27H2,2,4-8,10-13H3,(H,40,42)(H,41,44)(H,43,45);1-2H3/b28-23+,29-24+,30-15+,31-25+,32-26+,34-19+;. The molecule has 2 amide bonds. The maximum Gasteiger partial charge on any atom is 0.408 e. The molecular formula is C41H62N4O3. The smallest absolute Gasteiger partial charge is 0.408 e. The second kappa shape index (κ2) is 25.5. The number of alkyl carbamates (subject to hydrolysis) is 1. The summed E-state index contributed by atoms with van der Waals surface area (Å²) in [7, 11) is 1.73. The number of amidine groups is 1. The van der Waals surface area contributed by atoms with Crippen molar-refractivity contribution in [2.75, 3.05) is 13.6 Å². The number of aliphatic imine (C=N–C) groups is 1. The minimum absolute atomic E-state index is 0.360. The highest BCUT2D eigenvalue weighted by Crippen LogP contribution is 2.11. The summed E-state index contributed by atoms with van der Waals surface area (Å²) < 4.78 is 5.33. The van der Waals surface area contributed by atoms with Crippen LogP contribution in [0.1, 0.15) is 95.4 Å². The van der Waals surface area contributed by atoms with Gasteiger partial charge in [-0.2, -0.15) is 0 Å². The molecule has 0 bridgehead atoms. The Hall–Kier alpha value is -4.57. The normalized spacial score (nSPS) is 14.0. The van der Waals surface area contributed by atoms with Gasteiger partial charge in [0.05, 0.1) is 0 Å². The molecule has 0 aliphatic carbocycles. The van der Waals surface area contributed by atoms with E-state index >= 15 is 0 Å². The van der Waals surface area contributed by atoms with Crippen LogP contribution in [-0.4, -0.2) is 43.1 Å². The second-order valence-electron chi connectivity index (χ2n) is 11.8. The zero-order valence-electron chi connectivity index (χ0n) is 31.8. The molecule has 1 atom stereocenters. The minimum Gasteiger partial charge on any atom is -0.444 e. The lowest BCUT2D eigenvalue weighted by Gasteiger charge is -2.24. The summed E-state index contributed by atoms with van der Waals surface area (Å²) in [6.07, 6.45) is 16.3. The van der Waals surface area contributed by atoms with E-state index in [0.29, 0.717) is 25.0 Å². The topological polar surface area (TPSA) is 91.8 Å². The van der Waals surface area contributed by atoms with Crippen LogP contribution in [0.4, 0.5) is 4.79 Å². The van der Waals surface area contributed by atoms with Crippen molar-refractivity contribution in [2.24, 2.45) is 4.99 Å². The predicted molar refractivity (Wildman–Crippen MR) is 208 cm³/mol. The number of nitrogens with zero attached hydrogens (tertiary/aromatic N) is 1. The summed E-state index contributed by atoms with van der Waals surface area (Å²) in [5.74, 6) is 6.83. The van der Waals surface area contributed by atoms with Crippen molar-refractivity contribution in [1.82, 2.24) is 16.0 Å². The first kappa shape index (κ1) is 45.6. The Morgan fingerprint density at radius 3 is 1.92 bits per heavy atom. The molecule has 0 aromatic rings. The predicted octanol–water partition coefficient (Wildman–Crippen LogP) is 9.38. The Balaban J connectivity index is 0. The van der Waals surface area contributed by atoms with Crippen LogP contribution in [0.3, 0.4) is 0 Å². The molecule has 0 saturated heterocycles. The molecule has 0 fully saturated rings. The Morgan fingerprint density at radius 2 is 1.44 bits per heavy atom. The third kappa shape index (κ3) is 21.3. The highest BCUT2D eigenvalue weighted by Gasteiger charge is 2.26. The Kier molecular flexibility index (Phi) is 24.2. The van der Waals surface area contributed by atoms with Gasteiger partial charge in [0.25, 0.3) is 0 Å². The van der Waals surface area contributed by atoms with Crippen molar-refractivity contribution in [1.29, 1.82) is 0 Å². The molecule has 0 heterocycles. The molecule has 0 radical (unpaired) electrons. The van der Waals surface area contributed by atoms with Crippen molar-refractivity contribution in [3.8, 4) is 11.8 Å². The summed E-state index contributed by atoms with van der Waals surface area (Å²) in [4.78, 5) is 29.7. The number of ether oxygens (including phenoxy) is 1. The van der Waals surface area contributed by atoms with Gasteiger partial charge in [0.15, 0.2) is 0 Å². The average molecular weight is 659 g/mol. The van der Waals surface area contributed by atoms with E-state index in [0.717, 1.165) is 34.7 Å². The number of rotatable bonds is 15. The number of hydrogen-bond donors (Lipinski definition) is 3. The molecular weight excluding hydrogens is 596 g/mol. The van der Waals surface area contributed by atoms with Crippen LogP contribution in [0.5, 0.6) is 0 Å². The third-order valence-corrected chi connectivity index (χ3v) is 6.66. The molecule has 0 aromatic heterocycles. The number of carbonyl (C=O) groups is 2. The van der Waals surface area contributed by atoms with Crippen LogP contribution in [0, 0.1) is 11.8 Å². The zero-order chi connectivity index (χ0) is 37.3. The molecule has 1 unspecified atom stereocenters. The van der Waals surface area contributed by atoms with Crippen LogP contribution in [-0.2, 0) is 9.53 Å². The van der Waals surface area contributed by atoms with E-state index < -0.39 is 17.7 Å². The van der Waals surface area contributed by atoms with Gasteiger partial charge in [-0.3, -0.25) is 9.79 Å². The van der Waals surface area contributed by atoms with Gasteiger partial charge in [-0.05, 0) is 103 Å². The Bertz CT molecular complexity index is 1380. The van der Waals surface area contributed by atoms with E-state index in [-0.39, 0.29) is 5.91 Å². The molecule has 0 aromatic carbocycles. The lowest BCUT2D eigenvalue weighted by Crippen LogP contribution is -2.49. The first-order valence-electron chi connectivity index (χ1n) is 16.6. The summed E-state index contributed by atoms with van der Waals surface area (Å²) in [6.45, 7) is 33.5. The fourth-order valence-corrected chi connectivity index (χ4v) is 3.62. The average Bonchev–Trinajstić information content (AvgIpc) is 3.05. The molecule has 7 nitrogen and oxygen atoms in total. The maximum absolute atomic E-state index is 13.0. The molecule has 0 aliphatic heterocycles. The number of unbranched alkanes of at least 4 members (excludes halogenated alkanes) is 1. The molecule has 0 aliphatic rings. The fraction of sp³-hybridized carbons (Fsp3) is 0.439. The van der Waals surface area contributed by atoms with E-state index in [1.165, 1.54) is 23.3 Å². The van der Waals surface area contributed by atoms with Gasteiger partial charge >= 0.3 is 6.09 Å². The van der Waals surface area contributed by atoms with Crippen LogP contribution < -0.4 is 16.0 Å².